The molecule has 20 heavy (non-hydrogen) atoms. The van der Waals surface area contributed by atoms with Crippen LogP contribution in [0.15, 0.2) is 6.07 Å². The number of carbonyl (C=O) groups is 1. The van der Waals surface area contributed by atoms with Crippen molar-refractivity contribution in [3.8, 4) is 5.82 Å². The Bertz CT molecular complexity index is 661. The minimum atomic E-state index is -0.858. The van der Waals surface area contributed by atoms with Crippen molar-refractivity contribution in [1.29, 1.82) is 0 Å². The SMILES string of the molecule is CCc1cc(-n2nc(C)c(CC(=O)O)c2C)nc(C)n1. The first-order valence-electron chi connectivity index (χ1n) is 6.54. The van der Waals surface area contributed by atoms with Crippen molar-refractivity contribution in [2.24, 2.45) is 0 Å². The van der Waals surface area contributed by atoms with E-state index in [1.54, 1.807) is 4.68 Å². The zero-order valence-corrected chi connectivity index (χ0v) is 12.1. The zero-order chi connectivity index (χ0) is 14.9. The summed E-state index contributed by atoms with van der Waals surface area (Å²) in [5.41, 5.74) is 3.22. The van der Waals surface area contributed by atoms with Crippen molar-refractivity contribution in [2.45, 2.75) is 40.5 Å². The lowest BCUT2D eigenvalue weighted by Crippen LogP contribution is -2.07. The van der Waals surface area contributed by atoms with Gasteiger partial charge in [-0.2, -0.15) is 5.10 Å². The monoisotopic (exact) mass is 274 g/mol. The van der Waals surface area contributed by atoms with E-state index in [2.05, 4.69) is 15.1 Å². The van der Waals surface area contributed by atoms with Gasteiger partial charge in [-0.3, -0.25) is 4.79 Å². The summed E-state index contributed by atoms with van der Waals surface area (Å²) in [6.07, 6.45) is 0.792. The van der Waals surface area contributed by atoms with Crippen LogP contribution in [0.3, 0.4) is 0 Å². The van der Waals surface area contributed by atoms with E-state index in [0.717, 1.165) is 29.1 Å². The quantitative estimate of drug-likeness (QED) is 0.919. The molecule has 0 atom stereocenters. The van der Waals surface area contributed by atoms with Gasteiger partial charge in [0.2, 0.25) is 0 Å². The van der Waals surface area contributed by atoms with E-state index < -0.39 is 5.97 Å². The molecule has 0 spiro atoms. The molecule has 0 fully saturated rings. The zero-order valence-electron chi connectivity index (χ0n) is 12.1. The van der Waals surface area contributed by atoms with E-state index in [1.807, 2.05) is 33.8 Å². The molecule has 6 nitrogen and oxygen atoms in total. The molecular formula is C14H18N4O2. The smallest absolute Gasteiger partial charge is 0.307 e. The number of carboxylic acids is 1. The number of hydrogen-bond acceptors (Lipinski definition) is 4. The maximum Gasteiger partial charge on any atom is 0.307 e. The van der Waals surface area contributed by atoms with Gasteiger partial charge in [0.1, 0.15) is 5.82 Å². The predicted octanol–water partition coefficient (Wildman–Crippen LogP) is 1.78. The van der Waals surface area contributed by atoms with Crippen LogP contribution in [-0.2, 0) is 17.6 Å². The highest BCUT2D eigenvalue weighted by Gasteiger charge is 2.16. The molecule has 1 N–H and O–H groups in total. The maximum atomic E-state index is 10.9. The summed E-state index contributed by atoms with van der Waals surface area (Å²) < 4.78 is 1.70. The van der Waals surface area contributed by atoms with E-state index >= 15 is 0 Å². The van der Waals surface area contributed by atoms with Crippen LogP contribution >= 0.6 is 0 Å². The van der Waals surface area contributed by atoms with E-state index in [1.165, 1.54) is 0 Å². The predicted molar refractivity (Wildman–Crippen MR) is 74.1 cm³/mol. The molecule has 0 radical (unpaired) electrons. The Labute approximate surface area is 117 Å². The highest BCUT2D eigenvalue weighted by Crippen LogP contribution is 2.18. The van der Waals surface area contributed by atoms with E-state index in [4.69, 9.17) is 5.11 Å². The minimum Gasteiger partial charge on any atom is -0.481 e. The molecule has 0 aliphatic heterocycles. The fraction of sp³-hybridized carbons (Fsp3) is 0.429. The van der Waals surface area contributed by atoms with Crippen molar-refractivity contribution in [3.63, 3.8) is 0 Å². The molecule has 0 saturated heterocycles. The van der Waals surface area contributed by atoms with Crippen LogP contribution in [0.25, 0.3) is 5.82 Å². The van der Waals surface area contributed by atoms with Gasteiger partial charge in [-0.25, -0.2) is 14.6 Å². The topological polar surface area (TPSA) is 80.9 Å². The lowest BCUT2D eigenvalue weighted by atomic mass is 10.1. The molecule has 0 bridgehead atoms. The second-order valence-corrected chi connectivity index (χ2v) is 4.75. The Morgan fingerprint density at radius 3 is 2.60 bits per heavy atom. The Morgan fingerprint density at radius 1 is 1.30 bits per heavy atom. The van der Waals surface area contributed by atoms with Gasteiger partial charge < -0.3 is 5.11 Å². The van der Waals surface area contributed by atoms with Crippen LogP contribution in [0.5, 0.6) is 0 Å². The molecule has 0 amide bonds. The molecular weight excluding hydrogens is 256 g/mol. The number of rotatable bonds is 4. The molecule has 0 saturated carbocycles. The average Bonchev–Trinajstić information content (AvgIpc) is 2.65. The summed E-state index contributed by atoms with van der Waals surface area (Å²) in [6, 6.07) is 1.89. The van der Waals surface area contributed by atoms with Gasteiger partial charge in [0.15, 0.2) is 5.82 Å². The Morgan fingerprint density at radius 2 is 2.00 bits per heavy atom. The van der Waals surface area contributed by atoms with Gasteiger partial charge in [-0.15, -0.1) is 0 Å². The Balaban J connectivity index is 2.53. The minimum absolute atomic E-state index is 0.0254. The van der Waals surface area contributed by atoms with Crippen LogP contribution in [0.1, 0.15) is 35.4 Å². The normalized spacial score (nSPS) is 10.8. The summed E-state index contributed by atoms with van der Waals surface area (Å²) in [7, 11) is 0. The number of aryl methyl sites for hydroxylation is 3. The van der Waals surface area contributed by atoms with Crippen LogP contribution in [0.2, 0.25) is 0 Å². The fourth-order valence-corrected chi connectivity index (χ4v) is 2.21. The molecule has 2 rings (SSSR count). The lowest BCUT2D eigenvalue weighted by Gasteiger charge is -2.07. The first-order valence-corrected chi connectivity index (χ1v) is 6.54. The third-order valence-corrected chi connectivity index (χ3v) is 3.23. The van der Waals surface area contributed by atoms with Gasteiger partial charge in [-0.1, -0.05) is 6.92 Å². The van der Waals surface area contributed by atoms with Crippen LogP contribution in [-0.4, -0.2) is 30.8 Å². The van der Waals surface area contributed by atoms with E-state index in [0.29, 0.717) is 11.6 Å². The largest absolute Gasteiger partial charge is 0.481 e. The van der Waals surface area contributed by atoms with Crippen molar-refractivity contribution < 1.29 is 9.90 Å². The number of nitrogens with zero attached hydrogens (tertiary/aromatic N) is 4. The molecule has 106 valence electrons. The van der Waals surface area contributed by atoms with Gasteiger partial charge in [0.25, 0.3) is 0 Å². The molecule has 0 aliphatic rings. The number of aromatic nitrogens is 4. The van der Waals surface area contributed by atoms with Crippen LogP contribution < -0.4 is 0 Å². The summed E-state index contributed by atoms with van der Waals surface area (Å²) in [5.74, 6) is 0.516. The lowest BCUT2D eigenvalue weighted by molar-refractivity contribution is -0.136. The molecule has 0 aromatic carbocycles. The third-order valence-electron chi connectivity index (χ3n) is 3.23. The van der Waals surface area contributed by atoms with Crippen molar-refractivity contribution in [2.75, 3.05) is 0 Å². The third kappa shape index (κ3) is 2.68. The van der Waals surface area contributed by atoms with Crippen molar-refractivity contribution in [3.05, 3.63) is 34.5 Å². The first kappa shape index (κ1) is 14.2. The Kier molecular flexibility index (Phi) is 3.83. The fourth-order valence-electron chi connectivity index (χ4n) is 2.21. The summed E-state index contributed by atoms with van der Waals surface area (Å²) >= 11 is 0. The first-order chi connectivity index (χ1) is 9.42. The molecule has 0 aliphatic carbocycles. The van der Waals surface area contributed by atoms with Gasteiger partial charge in [0, 0.05) is 23.0 Å². The summed E-state index contributed by atoms with van der Waals surface area (Å²) in [6.45, 7) is 7.55. The molecule has 6 heteroatoms. The van der Waals surface area contributed by atoms with Gasteiger partial charge in [0.05, 0.1) is 12.1 Å². The second kappa shape index (κ2) is 5.40. The summed E-state index contributed by atoms with van der Waals surface area (Å²) in [4.78, 5) is 19.6. The van der Waals surface area contributed by atoms with Gasteiger partial charge in [-0.05, 0) is 27.2 Å². The van der Waals surface area contributed by atoms with Crippen LogP contribution in [0, 0.1) is 20.8 Å². The maximum absolute atomic E-state index is 10.9. The van der Waals surface area contributed by atoms with Crippen LogP contribution in [0.4, 0.5) is 0 Å². The van der Waals surface area contributed by atoms with Gasteiger partial charge >= 0.3 is 5.97 Å². The van der Waals surface area contributed by atoms with E-state index in [9.17, 15) is 4.79 Å². The average molecular weight is 274 g/mol. The number of carboxylic acid groups (broad SMARTS) is 1. The summed E-state index contributed by atoms with van der Waals surface area (Å²) in [5, 5.41) is 13.4. The molecule has 2 aromatic rings. The number of hydrogen-bond donors (Lipinski definition) is 1. The molecule has 2 aromatic heterocycles. The number of aliphatic carboxylic acids is 1. The highest BCUT2D eigenvalue weighted by molar-refractivity contribution is 5.71. The Hall–Kier alpha value is -2.24. The van der Waals surface area contributed by atoms with Crippen molar-refractivity contribution >= 4 is 5.97 Å². The molecule has 0 unspecified atom stereocenters. The second-order valence-electron chi connectivity index (χ2n) is 4.75. The van der Waals surface area contributed by atoms with Crippen molar-refractivity contribution in [1.82, 2.24) is 19.7 Å². The highest BCUT2D eigenvalue weighted by atomic mass is 16.4. The molecule has 2 heterocycles. The standard InChI is InChI=1S/C14H18N4O2/c1-5-11-6-13(16-10(4)15-11)18-9(3)12(7-14(19)20)8(2)17-18/h6H,5,7H2,1-4H3,(H,19,20). The van der Waals surface area contributed by atoms with E-state index in [-0.39, 0.29) is 6.42 Å².